The second-order valence-corrected chi connectivity index (χ2v) is 6.15. The Bertz CT molecular complexity index is 699. The second-order valence-electron chi connectivity index (χ2n) is 5.74. The molecule has 2 heterocycles. The van der Waals surface area contributed by atoms with Crippen LogP contribution in [0.25, 0.3) is 0 Å². The third-order valence-corrected chi connectivity index (χ3v) is 4.52. The largest absolute Gasteiger partial charge is 0.495 e. The van der Waals surface area contributed by atoms with E-state index in [2.05, 4.69) is 10.2 Å². The number of carbonyl (C=O) groups excluding carboxylic acids is 1. The summed E-state index contributed by atoms with van der Waals surface area (Å²) in [6, 6.07) is 8.73. The maximum absolute atomic E-state index is 12.5. The molecule has 2 aromatic rings. The molecule has 1 aliphatic heterocycles. The minimum atomic E-state index is -0.186. The Labute approximate surface area is 151 Å². The van der Waals surface area contributed by atoms with E-state index in [4.69, 9.17) is 25.5 Å². The fraction of sp³-hybridized carbons (Fsp3) is 0.389. The number of hydrogen-bond acceptors (Lipinski definition) is 5. The number of furan rings is 1. The number of ether oxygens (including phenoxy) is 2. The van der Waals surface area contributed by atoms with E-state index >= 15 is 0 Å². The van der Waals surface area contributed by atoms with Crippen LogP contribution in [-0.4, -0.2) is 50.8 Å². The number of methoxy groups -OCH3 is 1. The molecule has 25 heavy (non-hydrogen) atoms. The van der Waals surface area contributed by atoms with Crippen LogP contribution in [0.5, 0.6) is 5.75 Å². The van der Waals surface area contributed by atoms with Crippen LogP contribution in [-0.2, 0) is 4.74 Å². The zero-order valence-electron chi connectivity index (χ0n) is 14.0. The summed E-state index contributed by atoms with van der Waals surface area (Å²) in [7, 11) is 1.54. The first kappa shape index (κ1) is 17.8. The van der Waals surface area contributed by atoms with Crippen molar-refractivity contribution in [2.24, 2.45) is 0 Å². The maximum atomic E-state index is 12.5. The van der Waals surface area contributed by atoms with E-state index in [1.165, 1.54) is 7.11 Å². The molecule has 1 aromatic carbocycles. The van der Waals surface area contributed by atoms with Crippen molar-refractivity contribution in [3.05, 3.63) is 52.9 Å². The second kappa shape index (κ2) is 8.38. The van der Waals surface area contributed by atoms with Gasteiger partial charge in [-0.2, -0.15) is 0 Å². The Balaban J connectivity index is 1.68. The molecule has 1 amide bonds. The van der Waals surface area contributed by atoms with E-state index in [9.17, 15) is 4.79 Å². The van der Waals surface area contributed by atoms with Crippen LogP contribution in [0.2, 0.25) is 5.02 Å². The Morgan fingerprint density at radius 3 is 2.80 bits per heavy atom. The number of nitrogens with zero attached hydrogens (tertiary/aromatic N) is 1. The van der Waals surface area contributed by atoms with Crippen molar-refractivity contribution in [1.29, 1.82) is 0 Å². The Hall–Kier alpha value is -2.02. The molecule has 134 valence electrons. The molecular formula is C18H21ClN2O4. The van der Waals surface area contributed by atoms with Crippen molar-refractivity contribution in [2.75, 3.05) is 40.0 Å². The predicted octanol–water partition coefficient (Wildman–Crippen LogP) is 2.74. The summed E-state index contributed by atoms with van der Waals surface area (Å²) in [5.41, 5.74) is 0.492. The zero-order chi connectivity index (χ0) is 17.6. The van der Waals surface area contributed by atoms with Crippen molar-refractivity contribution in [3.8, 4) is 5.75 Å². The Morgan fingerprint density at radius 2 is 2.16 bits per heavy atom. The molecule has 7 heteroatoms. The van der Waals surface area contributed by atoms with Gasteiger partial charge in [0, 0.05) is 25.2 Å². The topological polar surface area (TPSA) is 63.9 Å². The van der Waals surface area contributed by atoms with Crippen LogP contribution in [0, 0.1) is 0 Å². The summed E-state index contributed by atoms with van der Waals surface area (Å²) in [6.45, 7) is 3.40. The lowest BCUT2D eigenvalue weighted by molar-refractivity contribution is 0.0118. The van der Waals surface area contributed by atoms with Gasteiger partial charge in [0.05, 0.1) is 37.7 Å². The highest BCUT2D eigenvalue weighted by molar-refractivity contribution is 6.32. The third-order valence-electron chi connectivity index (χ3n) is 4.23. The van der Waals surface area contributed by atoms with Crippen LogP contribution in [0.1, 0.15) is 22.2 Å². The molecule has 0 bridgehead atoms. The quantitative estimate of drug-likeness (QED) is 0.853. The van der Waals surface area contributed by atoms with Crippen molar-refractivity contribution < 1.29 is 18.7 Å². The molecule has 1 aliphatic rings. The van der Waals surface area contributed by atoms with Gasteiger partial charge >= 0.3 is 0 Å². The van der Waals surface area contributed by atoms with Gasteiger partial charge in [-0.05, 0) is 30.3 Å². The summed E-state index contributed by atoms with van der Waals surface area (Å²) >= 11 is 6.10. The van der Waals surface area contributed by atoms with E-state index in [-0.39, 0.29) is 11.9 Å². The Morgan fingerprint density at radius 1 is 1.36 bits per heavy atom. The molecule has 1 unspecified atom stereocenters. The molecule has 1 fully saturated rings. The van der Waals surface area contributed by atoms with E-state index in [0.717, 1.165) is 18.8 Å². The molecule has 6 nitrogen and oxygen atoms in total. The molecule has 1 saturated heterocycles. The van der Waals surface area contributed by atoms with Gasteiger partial charge in [0.15, 0.2) is 0 Å². The van der Waals surface area contributed by atoms with E-state index in [1.807, 2.05) is 12.1 Å². The summed E-state index contributed by atoms with van der Waals surface area (Å²) in [4.78, 5) is 14.7. The van der Waals surface area contributed by atoms with Crippen molar-refractivity contribution in [2.45, 2.75) is 6.04 Å². The standard InChI is InChI=1S/C18H21ClN2O4/c1-23-16-5-4-13(11-14(16)19)18(22)20-12-15(17-3-2-8-25-17)21-6-9-24-10-7-21/h2-5,8,11,15H,6-7,9-10,12H2,1H3,(H,20,22). The maximum Gasteiger partial charge on any atom is 0.251 e. The van der Waals surface area contributed by atoms with Gasteiger partial charge in [0.25, 0.3) is 5.91 Å². The first-order chi connectivity index (χ1) is 12.2. The van der Waals surface area contributed by atoms with Crippen LogP contribution in [0.3, 0.4) is 0 Å². The molecule has 3 rings (SSSR count). The number of morpholine rings is 1. The lowest BCUT2D eigenvalue weighted by Gasteiger charge is -2.33. The summed E-state index contributed by atoms with van der Waals surface area (Å²) in [6.07, 6.45) is 1.65. The van der Waals surface area contributed by atoms with E-state index in [0.29, 0.717) is 36.1 Å². The van der Waals surface area contributed by atoms with Gasteiger partial charge in [0.2, 0.25) is 0 Å². The first-order valence-electron chi connectivity index (χ1n) is 8.16. The number of amides is 1. The molecule has 1 atom stereocenters. The SMILES string of the molecule is COc1ccc(C(=O)NCC(c2ccco2)N2CCOCC2)cc1Cl. The highest BCUT2D eigenvalue weighted by atomic mass is 35.5. The molecule has 0 saturated carbocycles. The predicted molar refractivity (Wildman–Crippen MR) is 94.2 cm³/mol. The van der Waals surface area contributed by atoms with Crippen LogP contribution >= 0.6 is 11.6 Å². The Kier molecular flexibility index (Phi) is 5.96. The first-order valence-corrected chi connectivity index (χ1v) is 8.54. The van der Waals surface area contributed by atoms with Crippen LogP contribution < -0.4 is 10.1 Å². The van der Waals surface area contributed by atoms with Gasteiger partial charge in [-0.1, -0.05) is 11.6 Å². The van der Waals surface area contributed by atoms with Gasteiger partial charge < -0.3 is 19.2 Å². The summed E-state index contributed by atoms with van der Waals surface area (Å²) < 4.78 is 16.1. The molecule has 1 aromatic heterocycles. The number of carbonyl (C=O) groups is 1. The minimum absolute atomic E-state index is 0.0310. The molecule has 1 N–H and O–H groups in total. The monoisotopic (exact) mass is 364 g/mol. The summed E-state index contributed by atoms with van der Waals surface area (Å²) in [5.74, 6) is 1.18. The summed E-state index contributed by atoms with van der Waals surface area (Å²) in [5, 5.41) is 3.38. The van der Waals surface area contributed by atoms with E-state index in [1.54, 1.807) is 24.5 Å². The zero-order valence-corrected chi connectivity index (χ0v) is 14.8. The fourth-order valence-electron chi connectivity index (χ4n) is 2.88. The van der Waals surface area contributed by atoms with Crippen molar-refractivity contribution in [1.82, 2.24) is 10.2 Å². The normalized spacial score (nSPS) is 16.4. The molecule has 0 radical (unpaired) electrons. The van der Waals surface area contributed by atoms with Crippen molar-refractivity contribution >= 4 is 17.5 Å². The minimum Gasteiger partial charge on any atom is -0.495 e. The van der Waals surface area contributed by atoms with E-state index < -0.39 is 0 Å². The highest BCUT2D eigenvalue weighted by Gasteiger charge is 2.25. The van der Waals surface area contributed by atoms with Gasteiger partial charge in [-0.3, -0.25) is 9.69 Å². The van der Waals surface area contributed by atoms with Crippen LogP contribution in [0.4, 0.5) is 0 Å². The van der Waals surface area contributed by atoms with Gasteiger partial charge in [-0.15, -0.1) is 0 Å². The average molecular weight is 365 g/mol. The average Bonchev–Trinajstić information content (AvgIpc) is 3.17. The van der Waals surface area contributed by atoms with Crippen LogP contribution in [0.15, 0.2) is 41.0 Å². The lowest BCUT2D eigenvalue weighted by Crippen LogP contribution is -2.43. The smallest absolute Gasteiger partial charge is 0.251 e. The fourth-order valence-corrected chi connectivity index (χ4v) is 3.14. The number of rotatable bonds is 6. The lowest BCUT2D eigenvalue weighted by atomic mass is 10.1. The van der Waals surface area contributed by atoms with Gasteiger partial charge in [-0.25, -0.2) is 0 Å². The highest BCUT2D eigenvalue weighted by Crippen LogP contribution is 2.25. The molecular weight excluding hydrogens is 344 g/mol. The number of halogens is 1. The number of nitrogens with one attached hydrogen (secondary N) is 1. The third kappa shape index (κ3) is 4.34. The molecule has 0 aliphatic carbocycles. The van der Waals surface area contributed by atoms with Crippen molar-refractivity contribution in [3.63, 3.8) is 0 Å². The molecule has 0 spiro atoms. The van der Waals surface area contributed by atoms with Gasteiger partial charge in [0.1, 0.15) is 11.5 Å². The number of hydrogen-bond donors (Lipinski definition) is 1. The number of benzene rings is 1.